The van der Waals surface area contributed by atoms with Crippen LogP contribution in [0, 0.1) is 10.1 Å². The first kappa shape index (κ1) is 19.7. The highest BCUT2D eigenvalue weighted by molar-refractivity contribution is 6.04. The van der Waals surface area contributed by atoms with Gasteiger partial charge in [0.1, 0.15) is 5.75 Å². The van der Waals surface area contributed by atoms with E-state index in [0.29, 0.717) is 22.9 Å². The number of nitrogens with one attached hydrogen (secondary N) is 1. The van der Waals surface area contributed by atoms with Gasteiger partial charge < -0.3 is 19.5 Å². The zero-order valence-corrected chi connectivity index (χ0v) is 15.7. The van der Waals surface area contributed by atoms with Crippen LogP contribution in [-0.2, 0) is 0 Å². The highest BCUT2D eigenvalue weighted by Crippen LogP contribution is 2.31. The monoisotopic (exact) mass is 394 g/mol. The van der Waals surface area contributed by atoms with E-state index in [1.807, 2.05) is 12.1 Å². The van der Waals surface area contributed by atoms with E-state index in [2.05, 4.69) is 5.32 Å². The van der Waals surface area contributed by atoms with Gasteiger partial charge in [-0.15, -0.1) is 0 Å². The zero-order valence-electron chi connectivity index (χ0n) is 15.7. The molecular formula is C21H18N2O6. The highest BCUT2D eigenvalue weighted by Gasteiger charge is 2.18. The Bertz CT molecular complexity index is 1030. The SMILES string of the molecule is COc1ccccc1Oc1ccc(NC(=O)c2ccc(OC)c([N+](=O)[O-])c2)cc1. The van der Waals surface area contributed by atoms with Crippen molar-refractivity contribution in [1.29, 1.82) is 0 Å². The molecule has 3 aromatic rings. The van der Waals surface area contributed by atoms with Crippen LogP contribution in [0.3, 0.4) is 0 Å². The highest BCUT2D eigenvalue weighted by atomic mass is 16.6. The van der Waals surface area contributed by atoms with Crippen molar-refractivity contribution < 1.29 is 23.9 Å². The Hall–Kier alpha value is -4.07. The van der Waals surface area contributed by atoms with E-state index in [0.717, 1.165) is 0 Å². The normalized spacial score (nSPS) is 10.1. The van der Waals surface area contributed by atoms with Crippen LogP contribution in [-0.4, -0.2) is 25.1 Å². The van der Waals surface area contributed by atoms with Crippen molar-refractivity contribution in [2.24, 2.45) is 0 Å². The van der Waals surface area contributed by atoms with Crippen molar-refractivity contribution in [2.75, 3.05) is 19.5 Å². The molecule has 8 nitrogen and oxygen atoms in total. The van der Waals surface area contributed by atoms with Crippen LogP contribution in [0.2, 0.25) is 0 Å². The minimum absolute atomic E-state index is 0.0874. The number of nitro benzene ring substituents is 1. The van der Waals surface area contributed by atoms with Crippen molar-refractivity contribution in [3.8, 4) is 23.0 Å². The van der Waals surface area contributed by atoms with E-state index in [4.69, 9.17) is 14.2 Å². The molecule has 3 aromatic carbocycles. The topological polar surface area (TPSA) is 99.9 Å². The summed E-state index contributed by atoms with van der Waals surface area (Å²) in [5.74, 6) is 1.34. The second-order valence-electron chi connectivity index (χ2n) is 5.88. The van der Waals surface area contributed by atoms with Crippen molar-refractivity contribution in [3.05, 3.63) is 82.4 Å². The molecular weight excluding hydrogens is 376 g/mol. The molecule has 0 radical (unpaired) electrons. The Labute approximate surface area is 166 Å². The quantitative estimate of drug-likeness (QED) is 0.462. The lowest BCUT2D eigenvalue weighted by atomic mass is 10.1. The lowest BCUT2D eigenvalue weighted by molar-refractivity contribution is -0.385. The number of para-hydroxylation sites is 2. The van der Waals surface area contributed by atoms with Gasteiger partial charge >= 0.3 is 5.69 Å². The van der Waals surface area contributed by atoms with Gasteiger partial charge in [-0.25, -0.2) is 0 Å². The second kappa shape index (κ2) is 8.75. The number of ether oxygens (including phenoxy) is 3. The summed E-state index contributed by atoms with van der Waals surface area (Å²) in [5.41, 5.74) is 0.383. The maximum absolute atomic E-state index is 12.4. The summed E-state index contributed by atoms with van der Waals surface area (Å²) >= 11 is 0. The lowest BCUT2D eigenvalue weighted by Crippen LogP contribution is -2.12. The summed E-state index contributed by atoms with van der Waals surface area (Å²) in [6, 6.07) is 18.0. The molecule has 0 aliphatic carbocycles. The Balaban J connectivity index is 1.72. The number of nitro groups is 1. The minimum Gasteiger partial charge on any atom is -0.493 e. The maximum Gasteiger partial charge on any atom is 0.311 e. The number of hydrogen-bond donors (Lipinski definition) is 1. The number of methoxy groups -OCH3 is 2. The summed E-state index contributed by atoms with van der Waals surface area (Å²) in [6.07, 6.45) is 0. The number of amides is 1. The summed E-state index contributed by atoms with van der Waals surface area (Å²) in [6.45, 7) is 0. The third-order valence-electron chi connectivity index (χ3n) is 4.05. The van der Waals surface area contributed by atoms with Gasteiger partial charge in [0.05, 0.1) is 19.1 Å². The fraction of sp³-hybridized carbons (Fsp3) is 0.0952. The van der Waals surface area contributed by atoms with Crippen LogP contribution in [0.5, 0.6) is 23.0 Å². The lowest BCUT2D eigenvalue weighted by Gasteiger charge is -2.11. The fourth-order valence-electron chi connectivity index (χ4n) is 2.61. The number of rotatable bonds is 7. The second-order valence-corrected chi connectivity index (χ2v) is 5.88. The average Bonchev–Trinajstić information content (AvgIpc) is 2.75. The molecule has 1 N–H and O–H groups in total. The zero-order chi connectivity index (χ0) is 20.8. The number of hydrogen-bond acceptors (Lipinski definition) is 6. The molecule has 0 bridgehead atoms. The molecule has 0 aromatic heterocycles. The molecule has 0 unspecified atom stereocenters. The fourth-order valence-corrected chi connectivity index (χ4v) is 2.61. The first-order valence-corrected chi connectivity index (χ1v) is 8.56. The average molecular weight is 394 g/mol. The number of carbonyl (C=O) groups is 1. The molecule has 8 heteroatoms. The third kappa shape index (κ3) is 4.62. The summed E-state index contributed by atoms with van der Waals surface area (Å²) < 4.78 is 16.0. The molecule has 1 amide bonds. The van der Waals surface area contributed by atoms with Gasteiger partial charge in [-0.05, 0) is 48.5 Å². The van der Waals surface area contributed by atoms with Gasteiger partial charge in [0.2, 0.25) is 0 Å². The molecule has 148 valence electrons. The van der Waals surface area contributed by atoms with Crippen molar-refractivity contribution in [3.63, 3.8) is 0 Å². The van der Waals surface area contributed by atoms with E-state index >= 15 is 0 Å². The van der Waals surface area contributed by atoms with Crippen LogP contribution in [0.1, 0.15) is 10.4 Å². The Morgan fingerprint density at radius 3 is 2.17 bits per heavy atom. The standard InChI is InChI=1S/C21H18N2O6/c1-27-18-12-7-14(13-17(18)23(25)26)21(24)22-15-8-10-16(11-9-15)29-20-6-4-3-5-19(20)28-2/h3-13H,1-2H3,(H,22,24). The van der Waals surface area contributed by atoms with E-state index in [-0.39, 0.29) is 17.0 Å². The number of anilines is 1. The molecule has 0 atom stereocenters. The molecule has 0 aliphatic heterocycles. The van der Waals surface area contributed by atoms with E-state index < -0.39 is 10.8 Å². The van der Waals surface area contributed by atoms with Gasteiger partial charge in [-0.2, -0.15) is 0 Å². The molecule has 0 spiro atoms. The van der Waals surface area contributed by atoms with Crippen LogP contribution < -0.4 is 19.5 Å². The first-order chi connectivity index (χ1) is 14.0. The molecule has 0 saturated heterocycles. The molecule has 0 heterocycles. The summed E-state index contributed by atoms with van der Waals surface area (Å²) in [4.78, 5) is 22.9. The van der Waals surface area contributed by atoms with Gasteiger partial charge in [-0.1, -0.05) is 12.1 Å². The number of carbonyl (C=O) groups excluding carboxylic acids is 1. The smallest absolute Gasteiger partial charge is 0.311 e. The van der Waals surface area contributed by atoms with Gasteiger partial charge in [0.25, 0.3) is 5.91 Å². The number of benzene rings is 3. The van der Waals surface area contributed by atoms with Gasteiger partial charge in [-0.3, -0.25) is 14.9 Å². The van der Waals surface area contributed by atoms with Crippen LogP contribution >= 0.6 is 0 Å². The Morgan fingerprint density at radius 2 is 1.55 bits per heavy atom. The van der Waals surface area contributed by atoms with E-state index in [1.54, 1.807) is 43.5 Å². The molecule has 3 rings (SSSR count). The minimum atomic E-state index is -0.598. The maximum atomic E-state index is 12.4. The van der Waals surface area contributed by atoms with E-state index in [9.17, 15) is 14.9 Å². The van der Waals surface area contributed by atoms with Crippen molar-refractivity contribution in [1.82, 2.24) is 0 Å². The Morgan fingerprint density at radius 1 is 0.897 bits per heavy atom. The van der Waals surface area contributed by atoms with Crippen LogP contribution in [0.15, 0.2) is 66.7 Å². The first-order valence-electron chi connectivity index (χ1n) is 8.56. The third-order valence-corrected chi connectivity index (χ3v) is 4.05. The summed E-state index contributed by atoms with van der Waals surface area (Å²) in [7, 11) is 2.89. The largest absolute Gasteiger partial charge is 0.493 e. The molecule has 29 heavy (non-hydrogen) atoms. The number of nitrogens with zero attached hydrogens (tertiary/aromatic N) is 1. The predicted molar refractivity (Wildman–Crippen MR) is 107 cm³/mol. The van der Waals surface area contributed by atoms with Crippen LogP contribution in [0.25, 0.3) is 0 Å². The van der Waals surface area contributed by atoms with Gasteiger partial charge in [0.15, 0.2) is 17.2 Å². The van der Waals surface area contributed by atoms with Crippen molar-refractivity contribution >= 4 is 17.3 Å². The molecule has 0 fully saturated rings. The van der Waals surface area contributed by atoms with Crippen molar-refractivity contribution in [2.45, 2.75) is 0 Å². The molecule has 0 aliphatic rings. The van der Waals surface area contributed by atoms with E-state index in [1.165, 1.54) is 25.3 Å². The molecule has 0 saturated carbocycles. The summed E-state index contributed by atoms with van der Waals surface area (Å²) in [5, 5.41) is 13.8. The Kier molecular flexibility index (Phi) is 5.94. The van der Waals surface area contributed by atoms with Crippen LogP contribution in [0.4, 0.5) is 11.4 Å². The van der Waals surface area contributed by atoms with Gasteiger partial charge in [0, 0.05) is 17.3 Å². The predicted octanol–water partition coefficient (Wildman–Crippen LogP) is 4.66.